The normalized spacial score (nSPS) is 26.2. The number of pyridine rings is 1. The number of aliphatic hydroxyl groups is 1. The van der Waals surface area contributed by atoms with Gasteiger partial charge in [-0.25, -0.2) is 4.98 Å². The lowest BCUT2D eigenvalue weighted by Gasteiger charge is -2.40. The van der Waals surface area contributed by atoms with Gasteiger partial charge in [-0.2, -0.15) is 0 Å². The number of hydrogen-bond donors (Lipinski definition) is 1. The van der Waals surface area contributed by atoms with E-state index in [1.807, 2.05) is 4.90 Å². The Hall–Kier alpha value is -1.33. The zero-order valence-corrected chi connectivity index (χ0v) is 12.7. The van der Waals surface area contributed by atoms with Crippen molar-refractivity contribution in [1.29, 1.82) is 0 Å². The van der Waals surface area contributed by atoms with E-state index >= 15 is 0 Å². The predicted octanol–water partition coefficient (Wildman–Crippen LogP) is 1.69. The van der Waals surface area contributed by atoms with Crippen LogP contribution in [0, 0.1) is 0 Å². The van der Waals surface area contributed by atoms with Crippen LogP contribution in [0.4, 0.5) is 5.82 Å². The average Bonchev–Trinajstić information content (AvgIpc) is 3.01. The fourth-order valence-electron chi connectivity index (χ4n) is 3.22. The maximum Gasteiger partial charge on any atom is 0.256 e. The van der Waals surface area contributed by atoms with Gasteiger partial charge in [-0.15, -0.1) is 0 Å². The average molecular weight is 310 g/mol. The van der Waals surface area contributed by atoms with Crippen molar-refractivity contribution in [1.82, 2.24) is 9.88 Å². The van der Waals surface area contributed by atoms with Crippen molar-refractivity contribution >= 4 is 23.3 Å². The first kappa shape index (κ1) is 14.6. The molecular formula is C15H20ClN3O2. The highest BCUT2D eigenvalue weighted by atomic mass is 35.5. The Labute approximate surface area is 129 Å². The van der Waals surface area contributed by atoms with E-state index in [1.54, 1.807) is 23.2 Å². The van der Waals surface area contributed by atoms with Gasteiger partial charge in [0.15, 0.2) is 5.60 Å². The second-order valence-electron chi connectivity index (χ2n) is 5.86. The molecule has 1 aromatic rings. The lowest BCUT2D eigenvalue weighted by molar-refractivity contribution is -0.151. The lowest BCUT2D eigenvalue weighted by Crippen LogP contribution is -2.58. The van der Waals surface area contributed by atoms with Crippen molar-refractivity contribution in [2.45, 2.75) is 31.3 Å². The summed E-state index contributed by atoms with van der Waals surface area (Å²) in [7, 11) is 0. The number of carbonyl (C=O) groups excluding carboxylic acids is 1. The number of halogens is 1. The first-order valence-electron chi connectivity index (χ1n) is 7.47. The molecule has 0 saturated carbocycles. The van der Waals surface area contributed by atoms with Crippen LogP contribution in [-0.2, 0) is 4.79 Å². The van der Waals surface area contributed by atoms with Crippen LogP contribution in [0.15, 0.2) is 18.3 Å². The molecule has 3 rings (SSSR count). The highest BCUT2D eigenvalue weighted by Crippen LogP contribution is 2.31. The van der Waals surface area contributed by atoms with Crippen LogP contribution in [0.3, 0.4) is 0 Å². The number of rotatable bonds is 2. The summed E-state index contributed by atoms with van der Waals surface area (Å²) in [5, 5.41) is 11.4. The number of aromatic nitrogens is 1. The molecule has 0 bridgehead atoms. The first-order valence-corrected chi connectivity index (χ1v) is 7.85. The standard InChI is InChI=1S/C15H20ClN3O2/c16-12-5-3-7-17-13(12)19-10-4-6-15(21,11-19)14(20)18-8-1-2-9-18/h3,5,7,21H,1-2,4,6,8-11H2/t15-/m1/s1. The van der Waals surface area contributed by atoms with Gasteiger partial charge >= 0.3 is 0 Å². The monoisotopic (exact) mass is 309 g/mol. The van der Waals surface area contributed by atoms with Gasteiger partial charge in [0.2, 0.25) is 0 Å². The Bertz CT molecular complexity index is 533. The van der Waals surface area contributed by atoms with E-state index < -0.39 is 5.60 Å². The fraction of sp³-hybridized carbons (Fsp3) is 0.600. The highest BCUT2D eigenvalue weighted by molar-refractivity contribution is 6.32. The summed E-state index contributed by atoms with van der Waals surface area (Å²) in [6, 6.07) is 3.55. The van der Waals surface area contributed by atoms with Crippen LogP contribution in [0.2, 0.25) is 5.02 Å². The van der Waals surface area contributed by atoms with Crippen molar-refractivity contribution in [2.75, 3.05) is 31.1 Å². The number of amides is 1. The van der Waals surface area contributed by atoms with Crippen LogP contribution in [0.5, 0.6) is 0 Å². The summed E-state index contributed by atoms with van der Waals surface area (Å²) >= 11 is 6.18. The molecule has 2 fully saturated rings. The molecule has 5 nitrogen and oxygen atoms in total. The second-order valence-corrected chi connectivity index (χ2v) is 6.27. The summed E-state index contributed by atoms with van der Waals surface area (Å²) in [6.45, 7) is 2.53. The van der Waals surface area contributed by atoms with Gasteiger partial charge in [0.25, 0.3) is 5.91 Å². The smallest absolute Gasteiger partial charge is 0.256 e. The highest BCUT2D eigenvalue weighted by Gasteiger charge is 2.43. The van der Waals surface area contributed by atoms with E-state index in [4.69, 9.17) is 11.6 Å². The van der Waals surface area contributed by atoms with Crippen molar-refractivity contribution in [2.24, 2.45) is 0 Å². The minimum Gasteiger partial charge on any atom is -0.378 e. The van der Waals surface area contributed by atoms with Gasteiger partial charge in [-0.1, -0.05) is 11.6 Å². The SMILES string of the molecule is O=C(N1CCCC1)[C@@]1(O)CCCN(c2ncccc2Cl)C1. The van der Waals surface area contributed by atoms with E-state index in [0.29, 0.717) is 17.3 Å². The summed E-state index contributed by atoms with van der Waals surface area (Å²) in [5.41, 5.74) is -1.32. The molecule has 3 heterocycles. The van der Waals surface area contributed by atoms with Crippen LogP contribution >= 0.6 is 11.6 Å². The van der Waals surface area contributed by atoms with Crippen molar-refractivity contribution in [3.8, 4) is 0 Å². The first-order chi connectivity index (χ1) is 10.1. The molecule has 21 heavy (non-hydrogen) atoms. The van der Waals surface area contributed by atoms with E-state index in [1.165, 1.54) is 0 Å². The molecule has 2 aliphatic rings. The third-order valence-electron chi connectivity index (χ3n) is 4.30. The van der Waals surface area contributed by atoms with E-state index in [-0.39, 0.29) is 12.5 Å². The lowest BCUT2D eigenvalue weighted by atomic mass is 9.91. The number of likely N-dealkylation sites (tertiary alicyclic amines) is 1. The minimum atomic E-state index is -1.32. The van der Waals surface area contributed by atoms with Crippen molar-refractivity contribution < 1.29 is 9.90 Å². The molecule has 1 amide bonds. The van der Waals surface area contributed by atoms with Gasteiger partial charge in [0, 0.05) is 25.8 Å². The van der Waals surface area contributed by atoms with E-state index in [0.717, 1.165) is 38.9 Å². The van der Waals surface area contributed by atoms with Crippen LogP contribution < -0.4 is 4.90 Å². The van der Waals surface area contributed by atoms with E-state index in [2.05, 4.69) is 4.98 Å². The van der Waals surface area contributed by atoms with Gasteiger partial charge < -0.3 is 14.9 Å². The largest absolute Gasteiger partial charge is 0.378 e. The molecule has 6 heteroatoms. The van der Waals surface area contributed by atoms with Gasteiger partial charge in [0.1, 0.15) is 5.82 Å². The Balaban J connectivity index is 1.78. The number of hydrogen-bond acceptors (Lipinski definition) is 4. The Kier molecular flexibility index (Phi) is 4.04. The molecule has 2 saturated heterocycles. The van der Waals surface area contributed by atoms with Gasteiger partial charge in [-0.3, -0.25) is 4.79 Å². The number of nitrogens with zero attached hydrogens (tertiary/aromatic N) is 3. The second kappa shape index (κ2) is 5.81. The third kappa shape index (κ3) is 2.85. The Morgan fingerprint density at radius 3 is 2.76 bits per heavy atom. The number of carbonyl (C=O) groups is 1. The Morgan fingerprint density at radius 1 is 1.29 bits per heavy atom. The summed E-state index contributed by atoms with van der Waals surface area (Å²) in [6.07, 6.45) is 4.98. The Morgan fingerprint density at radius 2 is 2.05 bits per heavy atom. The molecule has 0 radical (unpaired) electrons. The number of piperidine rings is 1. The summed E-state index contributed by atoms with van der Waals surface area (Å²) in [4.78, 5) is 20.6. The van der Waals surface area contributed by atoms with Crippen LogP contribution in [0.25, 0.3) is 0 Å². The van der Waals surface area contributed by atoms with Crippen molar-refractivity contribution in [3.63, 3.8) is 0 Å². The van der Waals surface area contributed by atoms with E-state index in [9.17, 15) is 9.90 Å². The van der Waals surface area contributed by atoms with Gasteiger partial charge in [0.05, 0.1) is 11.6 Å². The molecule has 0 spiro atoms. The molecular weight excluding hydrogens is 290 g/mol. The zero-order valence-electron chi connectivity index (χ0n) is 12.0. The molecule has 1 atom stereocenters. The maximum absolute atomic E-state index is 12.6. The van der Waals surface area contributed by atoms with Crippen LogP contribution in [-0.4, -0.2) is 52.7 Å². The molecule has 1 N–H and O–H groups in total. The van der Waals surface area contributed by atoms with Crippen LogP contribution in [0.1, 0.15) is 25.7 Å². The minimum absolute atomic E-state index is 0.142. The molecule has 114 valence electrons. The molecule has 1 aromatic heterocycles. The molecule has 0 unspecified atom stereocenters. The van der Waals surface area contributed by atoms with Gasteiger partial charge in [-0.05, 0) is 37.8 Å². The number of β-amino-alcohol motifs (C(OH)–C–C–N with tert-alkyl or cyclic N) is 1. The quantitative estimate of drug-likeness (QED) is 0.903. The fourth-order valence-corrected chi connectivity index (χ4v) is 3.46. The maximum atomic E-state index is 12.6. The topological polar surface area (TPSA) is 56.7 Å². The predicted molar refractivity (Wildman–Crippen MR) is 81.5 cm³/mol. The summed E-state index contributed by atoms with van der Waals surface area (Å²) < 4.78 is 0. The third-order valence-corrected chi connectivity index (χ3v) is 4.60. The molecule has 2 aliphatic heterocycles. The molecule has 0 aromatic carbocycles. The molecule has 0 aliphatic carbocycles. The zero-order chi connectivity index (χ0) is 14.9. The number of anilines is 1. The summed E-state index contributed by atoms with van der Waals surface area (Å²) in [5.74, 6) is 0.503. The van der Waals surface area contributed by atoms with Crippen molar-refractivity contribution in [3.05, 3.63) is 23.4 Å².